The van der Waals surface area contributed by atoms with E-state index in [-0.39, 0.29) is 5.78 Å². The van der Waals surface area contributed by atoms with Crippen LogP contribution in [0.4, 0.5) is 0 Å². The molecule has 0 aliphatic rings. The first-order valence-electron chi connectivity index (χ1n) is 5.61. The Morgan fingerprint density at radius 3 is 2.88 bits per heavy atom. The summed E-state index contributed by atoms with van der Waals surface area (Å²) in [7, 11) is 0. The smallest absolute Gasteiger partial charge is 0.172 e. The second-order valence-corrected chi connectivity index (χ2v) is 4.54. The lowest BCUT2D eigenvalue weighted by Crippen LogP contribution is -2.03. The molecule has 0 saturated carbocycles. The predicted octanol–water partition coefficient (Wildman–Crippen LogP) is 3.41. The summed E-state index contributed by atoms with van der Waals surface area (Å²) in [6, 6.07) is 7.40. The maximum Gasteiger partial charge on any atom is 0.172 e. The summed E-state index contributed by atoms with van der Waals surface area (Å²) in [5.41, 5.74) is 0.745. The van der Waals surface area contributed by atoms with Gasteiger partial charge in [0.1, 0.15) is 5.75 Å². The number of ether oxygens (including phenoxy) is 1. The molecule has 1 aromatic carbocycles. The summed E-state index contributed by atoms with van der Waals surface area (Å²) in [6.07, 6.45) is 1.11. The third kappa shape index (κ3) is 4.27. The lowest BCUT2D eigenvalue weighted by atomic mass is 10.1. The van der Waals surface area contributed by atoms with Gasteiger partial charge in [-0.2, -0.15) is 11.8 Å². The fourth-order valence-corrected chi connectivity index (χ4v) is 2.10. The molecule has 0 aliphatic carbocycles. The number of benzene rings is 1. The molecule has 3 heteroatoms. The van der Waals surface area contributed by atoms with Crippen LogP contribution in [0.1, 0.15) is 30.6 Å². The van der Waals surface area contributed by atoms with Gasteiger partial charge >= 0.3 is 0 Å². The van der Waals surface area contributed by atoms with E-state index in [0.717, 1.165) is 23.5 Å². The Kier molecular flexibility index (Phi) is 6.01. The fraction of sp³-hybridized carbons (Fsp3) is 0.462. The number of rotatable bonds is 7. The second kappa shape index (κ2) is 7.34. The third-order valence-electron chi connectivity index (χ3n) is 2.05. The highest BCUT2D eigenvalue weighted by atomic mass is 32.2. The van der Waals surface area contributed by atoms with Crippen molar-refractivity contribution < 1.29 is 9.53 Å². The zero-order valence-corrected chi connectivity index (χ0v) is 10.7. The molecule has 1 aromatic rings. The highest BCUT2D eigenvalue weighted by molar-refractivity contribution is 7.99. The van der Waals surface area contributed by atoms with Gasteiger partial charge in [0.05, 0.1) is 12.4 Å². The topological polar surface area (TPSA) is 26.3 Å². The molecular weight excluding hydrogens is 220 g/mol. The van der Waals surface area contributed by atoms with Crippen LogP contribution in [-0.2, 0) is 0 Å². The van der Waals surface area contributed by atoms with Gasteiger partial charge in [0.2, 0.25) is 0 Å². The van der Waals surface area contributed by atoms with Crippen LogP contribution in [0.2, 0.25) is 0 Å². The van der Waals surface area contributed by atoms with Gasteiger partial charge in [-0.3, -0.25) is 4.79 Å². The zero-order valence-electron chi connectivity index (χ0n) is 9.86. The van der Waals surface area contributed by atoms with Crippen molar-refractivity contribution in [3.05, 3.63) is 29.8 Å². The van der Waals surface area contributed by atoms with Gasteiger partial charge < -0.3 is 4.74 Å². The van der Waals surface area contributed by atoms with Crippen molar-refractivity contribution in [3.63, 3.8) is 0 Å². The number of hydrogen-bond donors (Lipinski definition) is 0. The molecule has 0 aliphatic heterocycles. The first-order valence-corrected chi connectivity index (χ1v) is 6.77. The number of Topliss-reactive ketones (excluding diaryl/α,β-unsaturated/α-hetero) is 1. The van der Waals surface area contributed by atoms with Gasteiger partial charge in [0.15, 0.2) is 5.78 Å². The molecule has 0 unspecified atom stereocenters. The first-order chi connectivity index (χ1) is 7.77. The third-order valence-corrected chi connectivity index (χ3v) is 3.21. The molecule has 0 heterocycles. The van der Waals surface area contributed by atoms with Crippen LogP contribution >= 0.6 is 11.8 Å². The summed E-state index contributed by atoms with van der Waals surface area (Å²) in [4.78, 5) is 11.8. The molecule has 0 aromatic heterocycles. The van der Waals surface area contributed by atoms with Crippen LogP contribution in [0.15, 0.2) is 24.3 Å². The van der Waals surface area contributed by atoms with Crippen molar-refractivity contribution in [1.29, 1.82) is 0 Å². The molecule has 0 atom stereocenters. The monoisotopic (exact) mass is 238 g/mol. The minimum Gasteiger partial charge on any atom is -0.494 e. The van der Waals surface area contributed by atoms with Crippen LogP contribution in [0.25, 0.3) is 0 Å². The maximum atomic E-state index is 11.8. The standard InChI is InChI=1S/C13H18O2S/c1-3-8-16-10-13(14)11-6-5-7-12(9-11)15-4-2/h5-7,9H,3-4,8,10H2,1-2H3. The molecular formula is C13H18O2S. The van der Waals surface area contributed by atoms with Crippen molar-refractivity contribution in [2.75, 3.05) is 18.1 Å². The quantitative estimate of drug-likeness (QED) is 0.538. The van der Waals surface area contributed by atoms with Crippen molar-refractivity contribution in [1.82, 2.24) is 0 Å². The van der Waals surface area contributed by atoms with Crippen molar-refractivity contribution in [2.24, 2.45) is 0 Å². The summed E-state index contributed by atoms with van der Waals surface area (Å²) >= 11 is 1.69. The molecule has 0 fully saturated rings. The Bertz CT molecular complexity index is 336. The average molecular weight is 238 g/mol. The van der Waals surface area contributed by atoms with E-state index in [4.69, 9.17) is 4.74 Å². The zero-order chi connectivity index (χ0) is 11.8. The van der Waals surface area contributed by atoms with E-state index in [2.05, 4.69) is 6.92 Å². The number of hydrogen-bond acceptors (Lipinski definition) is 3. The normalized spacial score (nSPS) is 10.1. The van der Waals surface area contributed by atoms with E-state index < -0.39 is 0 Å². The van der Waals surface area contributed by atoms with Gasteiger partial charge in [-0.15, -0.1) is 0 Å². The number of ketones is 1. The van der Waals surface area contributed by atoms with E-state index in [1.54, 1.807) is 11.8 Å². The molecule has 88 valence electrons. The fourth-order valence-electron chi connectivity index (χ4n) is 1.32. The number of carbonyl (C=O) groups excluding carboxylic acids is 1. The van der Waals surface area contributed by atoms with E-state index in [1.165, 1.54) is 0 Å². The molecule has 0 radical (unpaired) electrons. The maximum absolute atomic E-state index is 11.8. The van der Waals surface area contributed by atoms with E-state index in [0.29, 0.717) is 12.4 Å². The van der Waals surface area contributed by atoms with Gasteiger partial charge in [-0.1, -0.05) is 19.1 Å². The summed E-state index contributed by atoms with van der Waals surface area (Å²) < 4.78 is 5.36. The largest absolute Gasteiger partial charge is 0.494 e. The highest BCUT2D eigenvalue weighted by Crippen LogP contribution is 2.15. The lowest BCUT2D eigenvalue weighted by Gasteiger charge is -2.05. The van der Waals surface area contributed by atoms with Crippen molar-refractivity contribution in [3.8, 4) is 5.75 Å². The first kappa shape index (κ1) is 13.1. The Labute approximate surface area is 101 Å². The summed E-state index contributed by atoms with van der Waals surface area (Å²) in [6.45, 7) is 4.68. The number of thioether (sulfide) groups is 1. The molecule has 0 N–H and O–H groups in total. The highest BCUT2D eigenvalue weighted by Gasteiger charge is 2.06. The summed E-state index contributed by atoms with van der Waals surface area (Å²) in [5.74, 6) is 2.55. The van der Waals surface area contributed by atoms with Gasteiger partial charge in [0, 0.05) is 5.56 Å². The van der Waals surface area contributed by atoms with Crippen LogP contribution in [0, 0.1) is 0 Å². The van der Waals surface area contributed by atoms with Crippen LogP contribution in [0.3, 0.4) is 0 Å². The molecule has 0 amide bonds. The molecule has 1 rings (SSSR count). The molecule has 0 saturated heterocycles. The molecule has 0 bridgehead atoms. The molecule has 0 spiro atoms. The van der Waals surface area contributed by atoms with Crippen molar-refractivity contribution >= 4 is 17.5 Å². The molecule has 16 heavy (non-hydrogen) atoms. The van der Waals surface area contributed by atoms with Crippen LogP contribution in [-0.4, -0.2) is 23.9 Å². The SMILES string of the molecule is CCCSCC(=O)c1cccc(OCC)c1. The van der Waals surface area contributed by atoms with Crippen LogP contribution in [0.5, 0.6) is 5.75 Å². The van der Waals surface area contributed by atoms with Gasteiger partial charge in [-0.25, -0.2) is 0 Å². The van der Waals surface area contributed by atoms with Gasteiger partial charge in [0.25, 0.3) is 0 Å². The number of carbonyl (C=O) groups is 1. The Balaban J connectivity index is 2.57. The van der Waals surface area contributed by atoms with Gasteiger partial charge in [-0.05, 0) is 31.2 Å². The van der Waals surface area contributed by atoms with E-state index in [9.17, 15) is 4.79 Å². The van der Waals surface area contributed by atoms with E-state index >= 15 is 0 Å². The minimum atomic E-state index is 0.181. The van der Waals surface area contributed by atoms with Crippen LogP contribution < -0.4 is 4.74 Å². The average Bonchev–Trinajstić information content (AvgIpc) is 2.30. The van der Waals surface area contributed by atoms with Crippen molar-refractivity contribution in [2.45, 2.75) is 20.3 Å². The predicted molar refractivity (Wildman–Crippen MR) is 69.6 cm³/mol. The second-order valence-electron chi connectivity index (χ2n) is 3.44. The molecule has 2 nitrogen and oxygen atoms in total. The Morgan fingerprint density at radius 2 is 2.19 bits per heavy atom. The Hall–Kier alpha value is -0.960. The lowest BCUT2D eigenvalue weighted by molar-refractivity contribution is 0.102. The minimum absolute atomic E-state index is 0.181. The Morgan fingerprint density at radius 1 is 1.38 bits per heavy atom. The summed E-state index contributed by atoms with van der Waals surface area (Å²) in [5, 5.41) is 0. The van der Waals surface area contributed by atoms with E-state index in [1.807, 2.05) is 31.2 Å².